The molecule has 0 amide bonds. The van der Waals surface area contributed by atoms with Gasteiger partial charge in [-0.15, -0.1) is 11.6 Å². The lowest BCUT2D eigenvalue weighted by Gasteiger charge is -1.77. The molecule has 1 rings (SSSR count). The first-order chi connectivity index (χ1) is 5.38. The van der Waals surface area contributed by atoms with Crippen LogP contribution in [0.2, 0.25) is 0 Å². The van der Waals surface area contributed by atoms with E-state index in [0.717, 1.165) is 0 Å². The van der Waals surface area contributed by atoms with Crippen LogP contribution in [0.1, 0.15) is 11.3 Å². The monoisotopic (exact) mass is 165 g/mol. The Balaban J connectivity index is 2.96. The number of nitriles is 1. The number of hydrogen-bond donors (Lipinski definition) is 1. The molecule has 1 aromatic heterocycles. The second kappa shape index (κ2) is 3.65. The minimum atomic E-state index is 0.260. The molecule has 0 saturated heterocycles. The lowest BCUT2D eigenvalue weighted by Crippen LogP contribution is -1.77. The van der Waals surface area contributed by atoms with Gasteiger partial charge in [0.1, 0.15) is 6.07 Å². The Hall–Kier alpha value is -1.45. The lowest BCUT2D eigenvalue weighted by atomic mass is 10.3. The maximum absolute atomic E-state index is 8.48. The molecule has 3 nitrogen and oxygen atoms in total. The first-order valence-corrected chi connectivity index (χ1v) is 3.40. The molecule has 1 N–H and O–H groups in total. The van der Waals surface area contributed by atoms with Gasteiger partial charge in [0.25, 0.3) is 0 Å². The Bertz CT molecular complexity index is 337. The quantitative estimate of drug-likeness (QED) is 0.458. The van der Waals surface area contributed by atoms with Crippen LogP contribution in [0.15, 0.2) is 6.20 Å². The summed E-state index contributed by atoms with van der Waals surface area (Å²) in [7, 11) is 0. The Morgan fingerprint density at radius 1 is 1.73 bits per heavy atom. The maximum atomic E-state index is 8.48. The predicted octanol–water partition coefficient (Wildman–Crippen LogP) is 0.872. The topological polar surface area (TPSA) is 52.5 Å². The van der Waals surface area contributed by atoms with Gasteiger partial charge in [0.2, 0.25) is 0 Å². The fourth-order valence-electron chi connectivity index (χ4n) is 0.595. The zero-order valence-corrected chi connectivity index (χ0v) is 6.31. The highest BCUT2D eigenvalue weighted by atomic mass is 35.5. The van der Waals surface area contributed by atoms with E-state index in [-0.39, 0.29) is 5.88 Å². The zero-order chi connectivity index (χ0) is 8.10. The Morgan fingerprint density at radius 2 is 2.55 bits per heavy atom. The summed E-state index contributed by atoms with van der Waals surface area (Å²) >= 11 is 5.33. The molecule has 0 aliphatic heterocycles. The Kier molecular flexibility index (Phi) is 2.54. The van der Waals surface area contributed by atoms with Gasteiger partial charge in [-0.2, -0.15) is 10.4 Å². The molecule has 0 bridgehead atoms. The summed E-state index contributed by atoms with van der Waals surface area (Å²) in [6, 6.07) is 1.92. The molecule has 0 atom stereocenters. The van der Waals surface area contributed by atoms with Crippen LogP contribution >= 0.6 is 11.6 Å². The molecule has 0 fully saturated rings. The summed E-state index contributed by atoms with van der Waals surface area (Å²) in [5.74, 6) is 5.59. The van der Waals surface area contributed by atoms with Crippen molar-refractivity contribution in [3.63, 3.8) is 0 Å². The van der Waals surface area contributed by atoms with Crippen molar-refractivity contribution in [2.45, 2.75) is 0 Å². The number of alkyl halides is 1. The van der Waals surface area contributed by atoms with Gasteiger partial charge in [-0.1, -0.05) is 11.8 Å². The summed E-state index contributed by atoms with van der Waals surface area (Å²) in [6.07, 6.45) is 1.50. The molecular weight excluding hydrogens is 162 g/mol. The minimum absolute atomic E-state index is 0.260. The molecule has 11 heavy (non-hydrogen) atoms. The molecular formula is C7H4ClN3. The average Bonchev–Trinajstić information content (AvgIpc) is 2.47. The zero-order valence-electron chi connectivity index (χ0n) is 5.56. The van der Waals surface area contributed by atoms with Gasteiger partial charge < -0.3 is 0 Å². The third-order valence-corrected chi connectivity index (χ3v) is 1.17. The molecule has 0 radical (unpaired) electrons. The summed E-state index contributed by atoms with van der Waals surface area (Å²) in [6.45, 7) is 0. The molecule has 1 aromatic rings. The molecule has 0 aliphatic carbocycles. The Morgan fingerprint density at radius 3 is 3.18 bits per heavy atom. The van der Waals surface area contributed by atoms with E-state index in [9.17, 15) is 0 Å². The normalized spacial score (nSPS) is 8.00. The third kappa shape index (κ3) is 1.73. The molecule has 0 aliphatic rings. The highest BCUT2D eigenvalue weighted by Crippen LogP contribution is 1.99. The summed E-state index contributed by atoms with van der Waals surface area (Å²) < 4.78 is 0. The maximum Gasteiger partial charge on any atom is 0.151 e. The number of aromatic amines is 1. The third-order valence-electron chi connectivity index (χ3n) is 1.04. The summed E-state index contributed by atoms with van der Waals surface area (Å²) in [5, 5.41) is 14.6. The van der Waals surface area contributed by atoms with E-state index in [1.54, 1.807) is 0 Å². The van der Waals surface area contributed by atoms with Crippen molar-refractivity contribution in [3.8, 4) is 17.9 Å². The van der Waals surface area contributed by atoms with E-state index in [1.165, 1.54) is 6.20 Å². The second-order valence-electron chi connectivity index (χ2n) is 1.71. The lowest BCUT2D eigenvalue weighted by molar-refractivity contribution is 1.07. The van der Waals surface area contributed by atoms with Crippen molar-refractivity contribution in [2.75, 3.05) is 5.88 Å². The number of H-pyrrole nitrogens is 1. The molecule has 0 saturated carbocycles. The number of aromatic nitrogens is 2. The smallest absolute Gasteiger partial charge is 0.151 e. The standard InChI is InChI=1S/C7H4ClN3/c8-3-1-2-6-5-10-11-7(6)4-9/h5H,3H2,(H,10,11). The van der Waals surface area contributed by atoms with Crippen LogP contribution in [-0.2, 0) is 0 Å². The van der Waals surface area contributed by atoms with Crippen LogP contribution in [0.3, 0.4) is 0 Å². The van der Waals surface area contributed by atoms with Gasteiger partial charge in [-0.25, -0.2) is 0 Å². The fraction of sp³-hybridized carbons (Fsp3) is 0.143. The van der Waals surface area contributed by atoms with Gasteiger partial charge in [0.05, 0.1) is 17.6 Å². The molecule has 0 unspecified atom stereocenters. The van der Waals surface area contributed by atoms with Crippen molar-refractivity contribution >= 4 is 11.6 Å². The van der Waals surface area contributed by atoms with E-state index < -0.39 is 0 Å². The van der Waals surface area contributed by atoms with E-state index in [4.69, 9.17) is 16.9 Å². The average molecular weight is 166 g/mol. The van der Waals surface area contributed by atoms with Crippen LogP contribution in [0, 0.1) is 23.2 Å². The number of nitrogens with zero attached hydrogens (tertiary/aromatic N) is 2. The second-order valence-corrected chi connectivity index (χ2v) is 1.97. The predicted molar refractivity (Wildman–Crippen MR) is 40.9 cm³/mol. The fourth-order valence-corrected chi connectivity index (χ4v) is 0.662. The van der Waals surface area contributed by atoms with Crippen LogP contribution in [-0.4, -0.2) is 16.1 Å². The molecule has 1 heterocycles. The summed E-state index contributed by atoms with van der Waals surface area (Å²) in [5.41, 5.74) is 0.968. The van der Waals surface area contributed by atoms with Crippen molar-refractivity contribution < 1.29 is 0 Å². The number of hydrogen-bond acceptors (Lipinski definition) is 2. The molecule has 4 heteroatoms. The molecule has 0 aromatic carbocycles. The van der Waals surface area contributed by atoms with Crippen LogP contribution < -0.4 is 0 Å². The van der Waals surface area contributed by atoms with Gasteiger partial charge in [-0.3, -0.25) is 5.10 Å². The van der Waals surface area contributed by atoms with Crippen LogP contribution in [0.25, 0.3) is 0 Å². The van der Waals surface area contributed by atoms with Gasteiger partial charge in [0.15, 0.2) is 5.69 Å². The highest BCUT2D eigenvalue weighted by molar-refractivity contribution is 6.19. The van der Waals surface area contributed by atoms with Crippen molar-refractivity contribution in [3.05, 3.63) is 17.5 Å². The van der Waals surface area contributed by atoms with E-state index in [1.807, 2.05) is 6.07 Å². The first kappa shape index (κ1) is 7.65. The van der Waals surface area contributed by atoms with Crippen LogP contribution in [0.4, 0.5) is 0 Å². The minimum Gasteiger partial charge on any atom is -0.267 e. The molecule has 54 valence electrons. The molecule has 0 spiro atoms. The van der Waals surface area contributed by atoms with Crippen molar-refractivity contribution in [2.24, 2.45) is 0 Å². The number of nitrogens with one attached hydrogen (secondary N) is 1. The van der Waals surface area contributed by atoms with Crippen molar-refractivity contribution in [1.29, 1.82) is 5.26 Å². The highest BCUT2D eigenvalue weighted by Gasteiger charge is 1.98. The van der Waals surface area contributed by atoms with Crippen LogP contribution in [0.5, 0.6) is 0 Å². The van der Waals surface area contributed by atoms with Gasteiger partial charge >= 0.3 is 0 Å². The van der Waals surface area contributed by atoms with E-state index >= 15 is 0 Å². The van der Waals surface area contributed by atoms with E-state index in [0.29, 0.717) is 11.3 Å². The summed E-state index contributed by atoms with van der Waals surface area (Å²) in [4.78, 5) is 0. The van der Waals surface area contributed by atoms with Gasteiger partial charge in [-0.05, 0) is 0 Å². The number of halogens is 1. The van der Waals surface area contributed by atoms with Gasteiger partial charge in [0, 0.05) is 0 Å². The SMILES string of the molecule is N#Cc1[nH]ncc1C#CCCl. The van der Waals surface area contributed by atoms with Crippen molar-refractivity contribution in [1.82, 2.24) is 10.2 Å². The van der Waals surface area contributed by atoms with E-state index in [2.05, 4.69) is 22.0 Å². The largest absolute Gasteiger partial charge is 0.267 e. The number of rotatable bonds is 0. The first-order valence-electron chi connectivity index (χ1n) is 2.86. The Labute approximate surface area is 69.0 Å².